The lowest BCUT2D eigenvalue weighted by atomic mass is 10.2. The summed E-state index contributed by atoms with van der Waals surface area (Å²) >= 11 is 13.2. The standard InChI is InChI=1S/C17H14Cl2N2O3S/c1-3-24-17(23)14-9(2)13-15(25-14)20-8-21(16(13)22)7-10-4-5-11(18)6-12(10)19/h4-6,8H,3,7H2,1-2H3. The smallest absolute Gasteiger partial charge is 0.348 e. The Kier molecular flexibility index (Phi) is 5.13. The largest absolute Gasteiger partial charge is 0.462 e. The quantitative estimate of drug-likeness (QED) is 0.616. The molecule has 8 heteroatoms. The minimum Gasteiger partial charge on any atom is -0.462 e. The maximum atomic E-state index is 12.8. The minimum atomic E-state index is -0.435. The number of aromatic nitrogens is 2. The van der Waals surface area contributed by atoms with E-state index in [1.54, 1.807) is 32.0 Å². The Labute approximate surface area is 157 Å². The molecule has 3 rings (SSSR count). The van der Waals surface area contributed by atoms with Crippen molar-refractivity contribution in [3.8, 4) is 0 Å². The van der Waals surface area contributed by atoms with Gasteiger partial charge in [0, 0.05) is 10.0 Å². The van der Waals surface area contributed by atoms with Crippen molar-refractivity contribution in [3.05, 3.63) is 60.9 Å². The topological polar surface area (TPSA) is 61.2 Å². The van der Waals surface area contributed by atoms with E-state index in [0.29, 0.717) is 30.7 Å². The summed E-state index contributed by atoms with van der Waals surface area (Å²) in [5.74, 6) is -0.435. The first kappa shape index (κ1) is 17.9. The molecule has 0 spiro atoms. The third kappa shape index (κ3) is 3.42. The predicted octanol–water partition coefficient (Wildman–Crippen LogP) is 4.30. The molecule has 0 saturated heterocycles. The number of nitrogens with zero attached hydrogens (tertiary/aromatic N) is 2. The monoisotopic (exact) mass is 396 g/mol. The third-order valence-electron chi connectivity index (χ3n) is 3.73. The highest BCUT2D eigenvalue weighted by Crippen LogP contribution is 2.28. The van der Waals surface area contributed by atoms with E-state index in [-0.39, 0.29) is 18.7 Å². The van der Waals surface area contributed by atoms with Crippen molar-refractivity contribution in [2.24, 2.45) is 0 Å². The third-order valence-corrected chi connectivity index (χ3v) is 5.50. The number of fused-ring (bicyclic) bond motifs is 1. The second kappa shape index (κ2) is 7.15. The Bertz CT molecular complexity index is 1030. The molecule has 5 nitrogen and oxygen atoms in total. The number of esters is 1. The summed E-state index contributed by atoms with van der Waals surface area (Å²) in [6, 6.07) is 5.12. The molecule has 0 fully saturated rings. The van der Waals surface area contributed by atoms with E-state index in [9.17, 15) is 9.59 Å². The molecule has 130 valence electrons. The van der Waals surface area contributed by atoms with Gasteiger partial charge in [-0.3, -0.25) is 9.36 Å². The average Bonchev–Trinajstić information content (AvgIpc) is 2.90. The first-order chi connectivity index (χ1) is 11.9. The van der Waals surface area contributed by atoms with Crippen LogP contribution in [0.4, 0.5) is 0 Å². The number of aryl methyl sites for hydroxylation is 1. The van der Waals surface area contributed by atoms with Gasteiger partial charge in [0.1, 0.15) is 9.71 Å². The lowest BCUT2D eigenvalue weighted by Crippen LogP contribution is -2.21. The Morgan fingerprint density at radius 2 is 2.12 bits per heavy atom. The van der Waals surface area contributed by atoms with Gasteiger partial charge in [0.25, 0.3) is 5.56 Å². The van der Waals surface area contributed by atoms with Crippen molar-refractivity contribution in [2.75, 3.05) is 6.61 Å². The number of hydrogen-bond donors (Lipinski definition) is 0. The highest BCUT2D eigenvalue weighted by molar-refractivity contribution is 7.20. The van der Waals surface area contributed by atoms with Gasteiger partial charge in [-0.2, -0.15) is 0 Å². The van der Waals surface area contributed by atoms with Crippen LogP contribution in [0.5, 0.6) is 0 Å². The van der Waals surface area contributed by atoms with Crippen LogP contribution >= 0.6 is 34.5 Å². The number of carbonyl (C=O) groups is 1. The Balaban J connectivity index is 2.06. The van der Waals surface area contributed by atoms with Gasteiger partial charge in [0.2, 0.25) is 0 Å². The number of thiophene rings is 1. The van der Waals surface area contributed by atoms with Crippen LogP contribution < -0.4 is 5.56 Å². The summed E-state index contributed by atoms with van der Waals surface area (Å²) in [7, 11) is 0. The molecular formula is C17H14Cl2N2O3S. The molecule has 0 N–H and O–H groups in total. The number of hydrogen-bond acceptors (Lipinski definition) is 5. The van der Waals surface area contributed by atoms with Crippen LogP contribution in [0.2, 0.25) is 10.0 Å². The summed E-state index contributed by atoms with van der Waals surface area (Å²) < 4.78 is 6.50. The van der Waals surface area contributed by atoms with Gasteiger partial charge in [-0.05, 0) is 37.1 Å². The number of carbonyl (C=O) groups excluding carboxylic acids is 1. The van der Waals surface area contributed by atoms with Crippen molar-refractivity contribution in [2.45, 2.75) is 20.4 Å². The molecule has 0 radical (unpaired) electrons. The second-order valence-corrected chi connectivity index (χ2v) is 7.21. The van der Waals surface area contributed by atoms with Crippen molar-refractivity contribution >= 4 is 50.7 Å². The van der Waals surface area contributed by atoms with Crippen LogP contribution in [0, 0.1) is 6.92 Å². The maximum Gasteiger partial charge on any atom is 0.348 e. The fraction of sp³-hybridized carbons (Fsp3) is 0.235. The lowest BCUT2D eigenvalue weighted by Gasteiger charge is -2.08. The summed E-state index contributed by atoms with van der Waals surface area (Å²) in [6.07, 6.45) is 1.46. The van der Waals surface area contributed by atoms with Crippen LogP contribution in [0.3, 0.4) is 0 Å². The van der Waals surface area contributed by atoms with Crippen molar-refractivity contribution < 1.29 is 9.53 Å². The molecule has 3 aromatic rings. The number of halogens is 2. The van der Waals surface area contributed by atoms with E-state index in [2.05, 4.69) is 4.98 Å². The summed E-state index contributed by atoms with van der Waals surface area (Å²) in [6.45, 7) is 4.01. The highest BCUT2D eigenvalue weighted by atomic mass is 35.5. The molecule has 2 heterocycles. The maximum absolute atomic E-state index is 12.8. The van der Waals surface area contributed by atoms with E-state index in [0.717, 1.165) is 16.9 Å². The summed E-state index contributed by atoms with van der Waals surface area (Å²) in [5.41, 5.74) is 1.13. The molecule has 0 amide bonds. The Morgan fingerprint density at radius 3 is 2.80 bits per heavy atom. The SMILES string of the molecule is CCOC(=O)c1sc2ncn(Cc3ccc(Cl)cc3Cl)c(=O)c2c1C. The molecule has 0 aliphatic carbocycles. The first-order valence-corrected chi connectivity index (χ1v) is 9.09. The van der Waals surface area contributed by atoms with E-state index in [1.165, 1.54) is 10.9 Å². The molecule has 0 saturated carbocycles. The first-order valence-electron chi connectivity index (χ1n) is 7.52. The summed E-state index contributed by atoms with van der Waals surface area (Å²) in [4.78, 5) is 30.1. The average molecular weight is 397 g/mol. The van der Waals surface area contributed by atoms with Gasteiger partial charge in [0.15, 0.2) is 0 Å². The van der Waals surface area contributed by atoms with E-state index in [4.69, 9.17) is 27.9 Å². The van der Waals surface area contributed by atoms with Gasteiger partial charge in [-0.1, -0.05) is 29.3 Å². The van der Waals surface area contributed by atoms with Crippen molar-refractivity contribution in [1.29, 1.82) is 0 Å². The van der Waals surface area contributed by atoms with Crippen molar-refractivity contribution in [1.82, 2.24) is 9.55 Å². The Morgan fingerprint density at radius 1 is 1.36 bits per heavy atom. The lowest BCUT2D eigenvalue weighted by molar-refractivity contribution is 0.0531. The second-order valence-electron chi connectivity index (χ2n) is 5.37. The molecule has 0 unspecified atom stereocenters. The van der Waals surface area contributed by atoms with Crippen LogP contribution in [0.25, 0.3) is 10.2 Å². The highest BCUT2D eigenvalue weighted by Gasteiger charge is 2.20. The Hall–Kier alpha value is -1.89. The fourth-order valence-corrected chi connectivity index (χ4v) is 4.00. The van der Waals surface area contributed by atoms with E-state index < -0.39 is 5.97 Å². The van der Waals surface area contributed by atoms with Gasteiger partial charge in [-0.25, -0.2) is 9.78 Å². The summed E-state index contributed by atoms with van der Waals surface area (Å²) in [5, 5.41) is 1.44. The zero-order valence-electron chi connectivity index (χ0n) is 13.5. The van der Waals surface area contributed by atoms with E-state index in [1.807, 2.05) is 0 Å². The van der Waals surface area contributed by atoms with Gasteiger partial charge < -0.3 is 4.74 Å². The van der Waals surface area contributed by atoms with Crippen LogP contribution in [0.1, 0.15) is 27.7 Å². The molecule has 25 heavy (non-hydrogen) atoms. The molecule has 0 aliphatic rings. The minimum absolute atomic E-state index is 0.222. The van der Waals surface area contributed by atoms with Gasteiger partial charge in [0.05, 0.1) is 24.9 Å². The van der Waals surface area contributed by atoms with Gasteiger partial charge >= 0.3 is 5.97 Å². The number of ether oxygens (including phenoxy) is 1. The molecular weight excluding hydrogens is 383 g/mol. The van der Waals surface area contributed by atoms with Crippen LogP contribution in [-0.2, 0) is 11.3 Å². The molecule has 2 aromatic heterocycles. The zero-order chi connectivity index (χ0) is 18.1. The van der Waals surface area contributed by atoms with Crippen LogP contribution in [-0.4, -0.2) is 22.1 Å². The number of benzene rings is 1. The van der Waals surface area contributed by atoms with Crippen LogP contribution in [0.15, 0.2) is 29.3 Å². The van der Waals surface area contributed by atoms with E-state index >= 15 is 0 Å². The molecule has 0 atom stereocenters. The predicted molar refractivity (Wildman–Crippen MR) is 100 cm³/mol. The molecule has 1 aromatic carbocycles. The normalized spacial score (nSPS) is 11.0. The fourth-order valence-electron chi connectivity index (χ4n) is 2.50. The zero-order valence-corrected chi connectivity index (χ0v) is 15.8. The number of rotatable bonds is 4. The van der Waals surface area contributed by atoms with Crippen molar-refractivity contribution in [3.63, 3.8) is 0 Å². The molecule has 0 bridgehead atoms. The molecule has 0 aliphatic heterocycles. The van der Waals surface area contributed by atoms with Gasteiger partial charge in [-0.15, -0.1) is 11.3 Å².